The van der Waals surface area contributed by atoms with Crippen molar-refractivity contribution in [1.82, 2.24) is 5.32 Å². The van der Waals surface area contributed by atoms with Gasteiger partial charge >= 0.3 is 0 Å². The molecule has 0 aliphatic rings. The Morgan fingerprint density at radius 1 is 1.13 bits per heavy atom. The number of nitrogens with one attached hydrogen (secondary N) is 1. The maximum atomic E-state index is 5.46. The van der Waals surface area contributed by atoms with Gasteiger partial charge in [-0.05, 0) is 24.8 Å². The predicted octanol–water partition coefficient (Wildman–Crippen LogP) is 2.07. The summed E-state index contributed by atoms with van der Waals surface area (Å²) in [6.07, 6.45) is 2.29. The Kier molecular flexibility index (Phi) is 9.06. The van der Waals surface area contributed by atoms with E-state index in [0.29, 0.717) is 18.6 Å². The van der Waals surface area contributed by atoms with Gasteiger partial charge in [-0.3, -0.25) is 0 Å². The molecule has 0 aromatic heterocycles. The van der Waals surface area contributed by atoms with Gasteiger partial charge in [-0.2, -0.15) is 0 Å². The molecule has 0 amide bonds. The summed E-state index contributed by atoms with van der Waals surface area (Å²) in [6.45, 7) is 11.1. The number of ether oxygens (including phenoxy) is 2. The average molecular weight is 217 g/mol. The topological polar surface area (TPSA) is 30.5 Å². The quantitative estimate of drug-likeness (QED) is 0.568. The van der Waals surface area contributed by atoms with Crippen molar-refractivity contribution in [2.45, 2.75) is 33.6 Å². The number of hydrogen-bond acceptors (Lipinski definition) is 3. The van der Waals surface area contributed by atoms with E-state index >= 15 is 0 Å². The summed E-state index contributed by atoms with van der Waals surface area (Å²) in [5.74, 6) is 0. The molecule has 0 bridgehead atoms. The van der Waals surface area contributed by atoms with Gasteiger partial charge in [0, 0.05) is 20.3 Å². The van der Waals surface area contributed by atoms with Gasteiger partial charge in [0.25, 0.3) is 0 Å². The van der Waals surface area contributed by atoms with Gasteiger partial charge in [0.05, 0.1) is 13.2 Å². The monoisotopic (exact) mass is 217 g/mol. The highest BCUT2D eigenvalue weighted by atomic mass is 16.5. The van der Waals surface area contributed by atoms with Crippen LogP contribution in [0.2, 0.25) is 0 Å². The highest BCUT2D eigenvalue weighted by molar-refractivity contribution is 4.71. The summed E-state index contributed by atoms with van der Waals surface area (Å²) in [7, 11) is 1.70. The van der Waals surface area contributed by atoms with Gasteiger partial charge in [-0.15, -0.1) is 0 Å². The van der Waals surface area contributed by atoms with Gasteiger partial charge in [-0.25, -0.2) is 0 Å². The van der Waals surface area contributed by atoms with Gasteiger partial charge in [0.1, 0.15) is 0 Å². The van der Waals surface area contributed by atoms with E-state index < -0.39 is 0 Å². The van der Waals surface area contributed by atoms with Crippen LogP contribution in [-0.2, 0) is 9.47 Å². The van der Waals surface area contributed by atoms with E-state index in [2.05, 4.69) is 26.1 Å². The van der Waals surface area contributed by atoms with Crippen LogP contribution in [0, 0.1) is 5.41 Å². The molecule has 0 aromatic carbocycles. The van der Waals surface area contributed by atoms with Crippen LogP contribution in [0.4, 0.5) is 0 Å². The molecule has 0 heterocycles. The van der Waals surface area contributed by atoms with Crippen LogP contribution in [0.5, 0.6) is 0 Å². The third-order valence-electron chi connectivity index (χ3n) is 2.39. The van der Waals surface area contributed by atoms with Gasteiger partial charge in [0.15, 0.2) is 0 Å². The van der Waals surface area contributed by atoms with Crippen LogP contribution in [-0.4, -0.2) is 40.0 Å². The fraction of sp³-hybridized carbons (Fsp3) is 1.00. The maximum absolute atomic E-state index is 5.46. The highest BCUT2D eigenvalue weighted by Crippen LogP contribution is 2.18. The lowest BCUT2D eigenvalue weighted by Crippen LogP contribution is -2.31. The zero-order valence-electron chi connectivity index (χ0n) is 10.8. The Morgan fingerprint density at radius 2 is 1.87 bits per heavy atom. The van der Waals surface area contributed by atoms with E-state index in [-0.39, 0.29) is 0 Å². The van der Waals surface area contributed by atoms with Crippen molar-refractivity contribution >= 4 is 0 Å². The molecule has 1 N–H and O–H groups in total. The summed E-state index contributed by atoms with van der Waals surface area (Å²) in [4.78, 5) is 0. The molecule has 0 spiro atoms. The second-order valence-corrected chi connectivity index (χ2v) is 4.70. The van der Waals surface area contributed by atoms with Crippen LogP contribution in [0.25, 0.3) is 0 Å². The Labute approximate surface area is 94.5 Å². The first-order valence-electron chi connectivity index (χ1n) is 5.90. The lowest BCUT2D eigenvalue weighted by atomic mass is 9.90. The molecule has 0 saturated carbocycles. The van der Waals surface area contributed by atoms with Crippen molar-refractivity contribution in [2.24, 2.45) is 5.41 Å². The minimum Gasteiger partial charge on any atom is -0.382 e. The Morgan fingerprint density at radius 3 is 2.47 bits per heavy atom. The van der Waals surface area contributed by atoms with Crippen molar-refractivity contribution in [1.29, 1.82) is 0 Å². The van der Waals surface area contributed by atoms with Crippen molar-refractivity contribution in [3.63, 3.8) is 0 Å². The van der Waals surface area contributed by atoms with Crippen molar-refractivity contribution in [3.8, 4) is 0 Å². The molecule has 15 heavy (non-hydrogen) atoms. The second-order valence-electron chi connectivity index (χ2n) is 4.70. The molecule has 3 heteroatoms. The number of hydrogen-bond donors (Lipinski definition) is 1. The standard InChI is InChI=1S/C12H27NO2/c1-5-7-13-11-12(2,3)6-8-15-10-9-14-4/h13H,5-11H2,1-4H3. The van der Waals surface area contributed by atoms with E-state index in [9.17, 15) is 0 Å². The summed E-state index contributed by atoms with van der Waals surface area (Å²) in [5, 5.41) is 3.45. The van der Waals surface area contributed by atoms with E-state index in [1.165, 1.54) is 6.42 Å². The summed E-state index contributed by atoms with van der Waals surface area (Å²) >= 11 is 0. The minimum absolute atomic E-state index is 0.322. The number of rotatable bonds is 10. The zero-order chi connectivity index (χ0) is 11.6. The third-order valence-corrected chi connectivity index (χ3v) is 2.39. The molecule has 0 radical (unpaired) electrons. The lowest BCUT2D eigenvalue weighted by molar-refractivity contribution is 0.0559. The smallest absolute Gasteiger partial charge is 0.0700 e. The highest BCUT2D eigenvalue weighted by Gasteiger charge is 2.16. The first-order valence-corrected chi connectivity index (χ1v) is 5.90. The van der Waals surface area contributed by atoms with E-state index in [1.807, 2.05) is 0 Å². The Bertz CT molecular complexity index is 138. The zero-order valence-corrected chi connectivity index (χ0v) is 10.8. The molecule has 0 aromatic rings. The van der Waals surface area contributed by atoms with Crippen LogP contribution in [0.3, 0.4) is 0 Å². The Balaban J connectivity index is 3.38. The molecular formula is C12H27NO2. The fourth-order valence-electron chi connectivity index (χ4n) is 1.28. The third kappa shape index (κ3) is 10.2. The van der Waals surface area contributed by atoms with E-state index in [4.69, 9.17) is 9.47 Å². The molecule has 0 aliphatic heterocycles. The van der Waals surface area contributed by atoms with Crippen LogP contribution in [0.15, 0.2) is 0 Å². The fourth-order valence-corrected chi connectivity index (χ4v) is 1.28. The summed E-state index contributed by atoms with van der Waals surface area (Å²) in [6, 6.07) is 0. The van der Waals surface area contributed by atoms with Gasteiger partial charge in [-0.1, -0.05) is 20.8 Å². The first kappa shape index (κ1) is 14.9. The van der Waals surface area contributed by atoms with Crippen LogP contribution >= 0.6 is 0 Å². The van der Waals surface area contributed by atoms with Crippen molar-refractivity contribution < 1.29 is 9.47 Å². The molecule has 0 aliphatic carbocycles. The van der Waals surface area contributed by atoms with Crippen LogP contribution in [0.1, 0.15) is 33.6 Å². The molecule has 3 nitrogen and oxygen atoms in total. The van der Waals surface area contributed by atoms with Crippen molar-refractivity contribution in [2.75, 3.05) is 40.0 Å². The molecule has 0 atom stereocenters. The molecule has 0 fully saturated rings. The SMILES string of the molecule is CCCNCC(C)(C)CCOCCOC. The summed E-state index contributed by atoms with van der Waals surface area (Å²) < 4.78 is 10.4. The molecular weight excluding hydrogens is 190 g/mol. The maximum Gasteiger partial charge on any atom is 0.0700 e. The largest absolute Gasteiger partial charge is 0.382 e. The number of methoxy groups -OCH3 is 1. The molecule has 0 rings (SSSR count). The van der Waals surface area contributed by atoms with Crippen LogP contribution < -0.4 is 5.32 Å². The van der Waals surface area contributed by atoms with Gasteiger partial charge in [0.2, 0.25) is 0 Å². The molecule has 0 saturated heterocycles. The van der Waals surface area contributed by atoms with E-state index in [0.717, 1.165) is 26.1 Å². The van der Waals surface area contributed by atoms with Gasteiger partial charge < -0.3 is 14.8 Å². The minimum atomic E-state index is 0.322. The molecule has 92 valence electrons. The first-order chi connectivity index (χ1) is 7.12. The average Bonchev–Trinajstić information content (AvgIpc) is 2.17. The summed E-state index contributed by atoms with van der Waals surface area (Å²) in [5.41, 5.74) is 0.322. The molecule has 0 unspecified atom stereocenters. The normalized spacial score (nSPS) is 12.0. The van der Waals surface area contributed by atoms with E-state index in [1.54, 1.807) is 7.11 Å². The van der Waals surface area contributed by atoms with Crippen molar-refractivity contribution in [3.05, 3.63) is 0 Å². The second kappa shape index (κ2) is 9.13. The lowest BCUT2D eigenvalue weighted by Gasteiger charge is -2.24. The predicted molar refractivity (Wildman–Crippen MR) is 64.3 cm³/mol. The Hall–Kier alpha value is -0.120.